The van der Waals surface area contributed by atoms with Gasteiger partial charge >= 0.3 is 0 Å². The lowest BCUT2D eigenvalue weighted by Gasteiger charge is -2.29. The number of likely N-dealkylation sites (tertiary alicyclic amines) is 1. The predicted octanol–water partition coefficient (Wildman–Crippen LogP) is 2.84. The van der Waals surface area contributed by atoms with Crippen molar-refractivity contribution in [3.05, 3.63) is 23.0 Å². The summed E-state index contributed by atoms with van der Waals surface area (Å²) in [6.45, 7) is 1.95. The van der Waals surface area contributed by atoms with E-state index in [1.807, 2.05) is 17.8 Å². The summed E-state index contributed by atoms with van der Waals surface area (Å²) in [7, 11) is 1.91. The summed E-state index contributed by atoms with van der Waals surface area (Å²) in [4.78, 5) is 20.1. The number of piperidine rings is 1. The van der Waals surface area contributed by atoms with E-state index in [1.54, 1.807) is 4.90 Å². The summed E-state index contributed by atoms with van der Waals surface area (Å²) in [6, 6.07) is 2.16. The molecule has 144 valence electrons. The zero-order chi connectivity index (χ0) is 18.5. The van der Waals surface area contributed by atoms with Crippen molar-refractivity contribution in [1.29, 1.82) is 0 Å². The highest BCUT2D eigenvalue weighted by Gasteiger charge is 2.33. The van der Waals surface area contributed by atoms with Crippen molar-refractivity contribution in [2.75, 3.05) is 19.6 Å². The molecule has 1 amide bonds. The van der Waals surface area contributed by atoms with Gasteiger partial charge in [-0.05, 0) is 51.1 Å². The topological polar surface area (TPSA) is 63.1 Å². The van der Waals surface area contributed by atoms with Gasteiger partial charge < -0.3 is 10.2 Å². The van der Waals surface area contributed by atoms with E-state index in [0.717, 1.165) is 54.6 Å². The van der Waals surface area contributed by atoms with Crippen LogP contribution in [0.3, 0.4) is 0 Å². The summed E-state index contributed by atoms with van der Waals surface area (Å²) >= 11 is 0. The third-order valence-electron chi connectivity index (χ3n) is 6.17. The van der Waals surface area contributed by atoms with Gasteiger partial charge in [-0.25, -0.2) is 9.37 Å². The van der Waals surface area contributed by atoms with Gasteiger partial charge in [-0.3, -0.25) is 9.48 Å². The smallest absolute Gasteiger partial charge is 0.254 e. The second-order valence-corrected chi connectivity index (χ2v) is 8.19. The van der Waals surface area contributed by atoms with Gasteiger partial charge in [0.2, 0.25) is 0 Å². The normalized spacial score (nSPS) is 24.1. The number of nitrogens with one attached hydrogen (secondary N) is 1. The number of halogens is 1. The van der Waals surface area contributed by atoms with Crippen molar-refractivity contribution < 1.29 is 9.18 Å². The highest BCUT2D eigenvalue weighted by Crippen LogP contribution is 2.41. The van der Waals surface area contributed by atoms with Crippen LogP contribution in [0.4, 0.5) is 4.39 Å². The monoisotopic (exact) mass is 371 g/mol. The SMILES string of the molecule is Cn1nc(C2CCCN2)c2c(C(=O)N3CCC(F)CC3)cc(C3CC3)nc21. The van der Waals surface area contributed by atoms with Gasteiger partial charge in [0.1, 0.15) is 6.17 Å². The minimum absolute atomic E-state index is 0.00319. The Morgan fingerprint density at radius 3 is 2.67 bits per heavy atom. The van der Waals surface area contributed by atoms with Crippen LogP contribution in [-0.4, -0.2) is 51.4 Å². The molecule has 0 spiro atoms. The van der Waals surface area contributed by atoms with Gasteiger partial charge in [0.15, 0.2) is 5.65 Å². The molecule has 1 N–H and O–H groups in total. The minimum atomic E-state index is -0.787. The lowest BCUT2D eigenvalue weighted by molar-refractivity contribution is 0.0668. The molecule has 1 atom stereocenters. The highest BCUT2D eigenvalue weighted by atomic mass is 19.1. The summed E-state index contributed by atoms with van der Waals surface area (Å²) in [5, 5.41) is 9.14. The van der Waals surface area contributed by atoms with Crippen molar-refractivity contribution in [1.82, 2.24) is 25.0 Å². The van der Waals surface area contributed by atoms with Crippen LogP contribution in [0.25, 0.3) is 11.0 Å². The van der Waals surface area contributed by atoms with E-state index in [1.165, 1.54) is 0 Å². The molecule has 3 fully saturated rings. The van der Waals surface area contributed by atoms with Crippen LogP contribution in [0.1, 0.15) is 72.2 Å². The van der Waals surface area contributed by atoms with Gasteiger partial charge in [0.25, 0.3) is 5.91 Å². The first-order chi connectivity index (χ1) is 13.1. The number of pyridine rings is 1. The Kier molecular flexibility index (Phi) is 4.15. The van der Waals surface area contributed by atoms with Crippen LogP contribution in [0.2, 0.25) is 0 Å². The van der Waals surface area contributed by atoms with E-state index in [-0.39, 0.29) is 11.9 Å². The van der Waals surface area contributed by atoms with Crippen molar-refractivity contribution in [3.63, 3.8) is 0 Å². The second kappa shape index (κ2) is 6.55. The number of nitrogens with zero attached hydrogens (tertiary/aromatic N) is 4. The number of carbonyl (C=O) groups is 1. The third-order valence-corrected chi connectivity index (χ3v) is 6.17. The summed E-state index contributed by atoms with van der Waals surface area (Å²) in [5.41, 5.74) is 3.44. The Morgan fingerprint density at radius 1 is 1.22 bits per heavy atom. The Morgan fingerprint density at radius 2 is 2.00 bits per heavy atom. The molecular formula is C20H26FN5O. The molecule has 3 aliphatic rings. The average Bonchev–Trinajstić information content (AvgIpc) is 3.28. The van der Waals surface area contributed by atoms with Gasteiger partial charge in [0.05, 0.1) is 22.7 Å². The molecule has 5 rings (SSSR count). The quantitative estimate of drug-likeness (QED) is 0.901. The van der Waals surface area contributed by atoms with Crippen LogP contribution < -0.4 is 5.32 Å². The maximum Gasteiger partial charge on any atom is 0.254 e. The number of carbonyl (C=O) groups excluding carboxylic acids is 1. The molecule has 2 aromatic heterocycles. The molecule has 2 aliphatic heterocycles. The van der Waals surface area contributed by atoms with Crippen molar-refractivity contribution in [2.24, 2.45) is 7.05 Å². The lowest BCUT2D eigenvalue weighted by Crippen LogP contribution is -2.39. The maximum atomic E-state index is 13.6. The molecule has 1 aliphatic carbocycles. The second-order valence-electron chi connectivity index (χ2n) is 8.19. The molecule has 6 nitrogen and oxygen atoms in total. The largest absolute Gasteiger partial charge is 0.338 e. The standard InChI is InChI=1S/C20H26FN5O/c1-25-19-17(18(24-25)15-3-2-8-22-15)14(11-16(23-19)12-4-5-12)20(27)26-9-6-13(21)7-10-26/h11-13,15,22H,2-10H2,1H3. The molecule has 2 aromatic rings. The zero-order valence-corrected chi connectivity index (χ0v) is 15.7. The van der Waals surface area contributed by atoms with Crippen LogP contribution in [-0.2, 0) is 7.05 Å². The van der Waals surface area contributed by atoms with Crippen LogP contribution in [0.15, 0.2) is 6.07 Å². The maximum absolute atomic E-state index is 13.6. The van der Waals surface area contributed by atoms with E-state index >= 15 is 0 Å². The summed E-state index contributed by atoms with van der Waals surface area (Å²) in [5.74, 6) is 0.462. The fourth-order valence-electron chi connectivity index (χ4n) is 4.44. The molecular weight excluding hydrogens is 345 g/mol. The number of hydrogen-bond donors (Lipinski definition) is 1. The van der Waals surface area contributed by atoms with E-state index in [2.05, 4.69) is 5.32 Å². The van der Waals surface area contributed by atoms with Crippen LogP contribution >= 0.6 is 0 Å². The number of alkyl halides is 1. The molecule has 2 saturated heterocycles. The minimum Gasteiger partial charge on any atom is -0.338 e. The summed E-state index contributed by atoms with van der Waals surface area (Å²) in [6.07, 6.45) is 4.48. The lowest BCUT2D eigenvalue weighted by atomic mass is 10.0. The van der Waals surface area contributed by atoms with Crippen LogP contribution in [0, 0.1) is 0 Å². The first-order valence-electron chi connectivity index (χ1n) is 10.2. The molecule has 1 saturated carbocycles. The molecule has 1 unspecified atom stereocenters. The number of hydrogen-bond acceptors (Lipinski definition) is 4. The van der Waals surface area contributed by atoms with Crippen molar-refractivity contribution in [3.8, 4) is 0 Å². The van der Waals surface area contributed by atoms with Crippen LogP contribution in [0.5, 0.6) is 0 Å². The fourth-order valence-corrected chi connectivity index (χ4v) is 4.44. The number of rotatable bonds is 3. The fraction of sp³-hybridized carbons (Fsp3) is 0.650. The van der Waals surface area contributed by atoms with Gasteiger partial charge in [-0.1, -0.05) is 0 Å². The third kappa shape index (κ3) is 3.02. The van der Waals surface area contributed by atoms with E-state index in [9.17, 15) is 9.18 Å². The molecule has 27 heavy (non-hydrogen) atoms. The molecule has 4 heterocycles. The molecule has 7 heteroatoms. The van der Waals surface area contributed by atoms with Gasteiger partial charge in [0, 0.05) is 31.7 Å². The molecule has 0 radical (unpaired) electrons. The number of amides is 1. The van der Waals surface area contributed by atoms with E-state index in [4.69, 9.17) is 10.1 Å². The van der Waals surface area contributed by atoms with Gasteiger partial charge in [-0.2, -0.15) is 5.10 Å². The van der Waals surface area contributed by atoms with Gasteiger partial charge in [-0.15, -0.1) is 0 Å². The Hall–Kier alpha value is -2.02. The molecule has 0 bridgehead atoms. The first-order valence-corrected chi connectivity index (χ1v) is 10.2. The average molecular weight is 371 g/mol. The van der Waals surface area contributed by atoms with Crippen molar-refractivity contribution >= 4 is 16.9 Å². The number of aromatic nitrogens is 3. The van der Waals surface area contributed by atoms with E-state index < -0.39 is 6.17 Å². The van der Waals surface area contributed by atoms with Crippen molar-refractivity contribution in [2.45, 2.75) is 56.7 Å². The Bertz CT molecular complexity index is 876. The Labute approximate surface area is 158 Å². The number of aryl methyl sites for hydroxylation is 1. The highest BCUT2D eigenvalue weighted by molar-refractivity contribution is 6.06. The Balaban J connectivity index is 1.62. The predicted molar refractivity (Wildman–Crippen MR) is 100 cm³/mol. The first kappa shape index (κ1) is 17.1. The zero-order valence-electron chi connectivity index (χ0n) is 15.7. The summed E-state index contributed by atoms with van der Waals surface area (Å²) < 4.78 is 15.4. The number of fused-ring (bicyclic) bond motifs is 1. The molecule has 0 aromatic carbocycles. The van der Waals surface area contributed by atoms with E-state index in [0.29, 0.717) is 37.4 Å².